The largest absolute Gasteiger partial charge is 0.497 e. The molecule has 0 spiro atoms. The van der Waals surface area contributed by atoms with Crippen LogP contribution in [0.2, 0.25) is 0 Å². The molecular weight excluding hydrogens is 440 g/mol. The minimum absolute atomic E-state index is 0.00113. The Morgan fingerprint density at radius 3 is 2.61 bits per heavy atom. The molecule has 1 aromatic heterocycles. The lowest BCUT2D eigenvalue weighted by Crippen LogP contribution is -2.41. The fraction of sp³-hybridized carbons (Fsp3) is 0.375. The van der Waals surface area contributed by atoms with E-state index in [0.29, 0.717) is 48.2 Å². The van der Waals surface area contributed by atoms with E-state index in [1.54, 1.807) is 32.4 Å². The number of fused-ring (bicyclic) bond motifs is 1. The number of nitrogens with one attached hydrogen (secondary N) is 2. The average Bonchev–Trinajstić information content (AvgIpc) is 3.23. The summed E-state index contributed by atoms with van der Waals surface area (Å²) in [5.41, 5.74) is 2.64. The number of likely N-dealkylation sites (tertiary alicyclic amines) is 1. The van der Waals surface area contributed by atoms with E-state index in [0.717, 1.165) is 15.8 Å². The molecule has 0 aliphatic carbocycles. The van der Waals surface area contributed by atoms with E-state index in [1.807, 2.05) is 25.1 Å². The van der Waals surface area contributed by atoms with Crippen molar-refractivity contribution in [2.24, 2.45) is 5.92 Å². The molecule has 1 aliphatic heterocycles. The van der Waals surface area contributed by atoms with Crippen molar-refractivity contribution in [2.45, 2.75) is 19.8 Å². The zero-order valence-electron chi connectivity index (χ0n) is 19.0. The summed E-state index contributed by atoms with van der Waals surface area (Å²) in [5.74, 6) is 0.999. The fourth-order valence-corrected chi connectivity index (χ4v) is 4.94. The van der Waals surface area contributed by atoms with Crippen LogP contribution < -0.4 is 20.1 Å². The molecular formula is C24H28N4O4S. The molecule has 0 atom stereocenters. The van der Waals surface area contributed by atoms with Gasteiger partial charge in [-0.25, -0.2) is 4.98 Å². The summed E-state index contributed by atoms with van der Waals surface area (Å²) < 4.78 is 11.6. The van der Waals surface area contributed by atoms with Gasteiger partial charge in [0.1, 0.15) is 11.5 Å². The smallest absolute Gasteiger partial charge is 0.238 e. The lowest BCUT2D eigenvalue weighted by atomic mass is 9.96. The molecule has 2 aromatic carbocycles. The van der Waals surface area contributed by atoms with Crippen molar-refractivity contribution in [2.75, 3.05) is 44.5 Å². The third kappa shape index (κ3) is 5.43. The summed E-state index contributed by atoms with van der Waals surface area (Å²) in [6, 6.07) is 11.3. The molecule has 1 saturated heterocycles. The number of methoxy groups -OCH3 is 2. The molecule has 174 valence electrons. The van der Waals surface area contributed by atoms with Gasteiger partial charge < -0.3 is 20.1 Å². The van der Waals surface area contributed by atoms with Gasteiger partial charge in [0.05, 0.1) is 36.7 Å². The number of carbonyl (C=O) groups is 2. The Balaban J connectivity index is 1.27. The number of carbonyl (C=O) groups excluding carboxylic acids is 2. The number of aryl methyl sites for hydroxylation is 1. The fourth-order valence-electron chi connectivity index (χ4n) is 3.99. The number of anilines is 2. The number of hydrogen-bond donors (Lipinski definition) is 2. The maximum atomic E-state index is 12.8. The van der Waals surface area contributed by atoms with Crippen molar-refractivity contribution in [3.63, 3.8) is 0 Å². The quantitative estimate of drug-likeness (QED) is 0.546. The topological polar surface area (TPSA) is 92.8 Å². The molecule has 4 rings (SSSR count). The zero-order chi connectivity index (χ0) is 23.4. The zero-order valence-corrected chi connectivity index (χ0v) is 19.8. The number of thiazole rings is 1. The SMILES string of the molecule is COc1ccc(NC(=O)CN2CCC(C(=O)Nc3nc4c(C)cccc4s3)CC2)c(OC)c1. The molecule has 2 heterocycles. The first-order chi connectivity index (χ1) is 16.0. The second-order valence-electron chi connectivity index (χ2n) is 8.09. The van der Waals surface area contributed by atoms with Crippen LogP contribution in [0.4, 0.5) is 10.8 Å². The third-order valence-corrected chi connectivity index (χ3v) is 6.80. The molecule has 0 radical (unpaired) electrons. The predicted octanol–water partition coefficient (Wildman–Crippen LogP) is 3.91. The van der Waals surface area contributed by atoms with Crippen molar-refractivity contribution in [3.8, 4) is 11.5 Å². The van der Waals surface area contributed by atoms with Gasteiger partial charge in [-0.15, -0.1) is 0 Å². The Kier molecular flexibility index (Phi) is 7.10. The van der Waals surface area contributed by atoms with Gasteiger partial charge >= 0.3 is 0 Å². The molecule has 0 bridgehead atoms. The number of amides is 2. The summed E-state index contributed by atoms with van der Waals surface area (Å²) in [5, 5.41) is 6.52. The van der Waals surface area contributed by atoms with Crippen LogP contribution in [0.25, 0.3) is 10.2 Å². The Labute approximate surface area is 196 Å². The van der Waals surface area contributed by atoms with Gasteiger partial charge in [-0.1, -0.05) is 23.5 Å². The van der Waals surface area contributed by atoms with Crippen molar-refractivity contribution in [1.82, 2.24) is 9.88 Å². The minimum Gasteiger partial charge on any atom is -0.497 e. The summed E-state index contributed by atoms with van der Waals surface area (Å²) >= 11 is 1.49. The summed E-state index contributed by atoms with van der Waals surface area (Å²) in [4.78, 5) is 31.9. The highest BCUT2D eigenvalue weighted by Crippen LogP contribution is 2.30. The Morgan fingerprint density at radius 1 is 1.12 bits per heavy atom. The molecule has 0 unspecified atom stereocenters. The van der Waals surface area contributed by atoms with E-state index in [4.69, 9.17) is 9.47 Å². The Morgan fingerprint density at radius 2 is 1.91 bits per heavy atom. The van der Waals surface area contributed by atoms with E-state index in [1.165, 1.54) is 11.3 Å². The highest BCUT2D eigenvalue weighted by Gasteiger charge is 2.27. The Bertz CT molecular complexity index is 1150. The first-order valence-electron chi connectivity index (χ1n) is 10.9. The van der Waals surface area contributed by atoms with Gasteiger partial charge in [-0.3, -0.25) is 14.5 Å². The second-order valence-corrected chi connectivity index (χ2v) is 9.13. The van der Waals surface area contributed by atoms with Crippen LogP contribution in [0.1, 0.15) is 18.4 Å². The number of para-hydroxylation sites is 1. The number of ether oxygens (including phenoxy) is 2. The number of benzene rings is 2. The monoisotopic (exact) mass is 468 g/mol. The lowest BCUT2D eigenvalue weighted by molar-refractivity contribution is -0.121. The average molecular weight is 469 g/mol. The second kappa shape index (κ2) is 10.2. The van der Waals surface area contributed by atoms with Gasteiger partial charge in [0.25, 0.3) is 0 Å². The van der Waals surface area contributed by atoms with Crippen LogP contribution in [0.5, 0.6) is 11.5 Å². The molecule has 8 nitrogen and oxygen atoms in total. The van der Waals surface area contributed by atoms with Crippen LogP contribution in [0.15, 0.2) is 36.4 Å². The van der Waals surface area contributed by atoms with E-state index in [2.05, 4.69) is 20.5 Å². The van der Waals surface area contributed by atoms with Crippen LogP contribution in [-0.2, 0) is 9.59 Å². The normalized spacial score (nSPS) is 14.8. The first-order valence-corrected chi connectivity index (χ1v) is 11.7. The van der Waals surface area contributed by atoms with Gasteiger partial charge in [0.2, 0.25) is 11.8 Å². The molecule has 2 amide bonds. The summed E-state index contributed by atoms with van der Waals surface area (Å²) in [6.07, 6.45) is 1.41. The number of hydrogen-bond acceptors (Lipinski definition) is 7. The van der Waals surface area contributed by atoms with Crippen LogP contribution >= 0.6 is 11.3 Å². The molecule has 1 fully saturated rings. The maximum Gasteiger partial charge on any atom is 0.238 e. The van der Waals surface area contributed by atoms with E-state index in [-0.39, 0.29) is 24.3 Å². The first kappa shape index (κ1) is 23.0. The number of rotatable bonds is 7. The highest BCUT2D eigenvalue weighted by atomic mass is 32.1. The van der Waals surface area contributed by atoms with Crippen molar-refractivity contribution < 1.29 is 19.1 Å². The molecule has 2 N–H and O–H groups in total. The molecule has 9 heteroatoms. The number of piperidine rings is 1. The predicted molar refractivity (Wildman–Crippen MR) is 130 cm³/mol. The number of aromatic nitrogens is 1. The van der Waals surface area contributed by atoms with Gasteiger partial charge in [0, 0.05) is 12.0 Å². The summed E-state index contributed by atoms with van der Waals surface area (Å²) in [7, 11) is 3.13. The van der Waals surface area contributed by atoms with Crippen molar-refractivity contribution in [3.05, 3.63) is 42.0 Å². The third-order valence-electron chi connectivity index (χ3n) is 5.86. The molecule has 3 aromatic rings. The standard InChI is InChI=1S/C24H28N4O4S/c1-15-5-4-6-20-22(15)26-24(33-20)27-23(30)16-9-11-28(12-10-16)14-21(29)25-18-8-7-17(31-2)13-19(18)32-3/h4-8,13,16H,9-12,14H2,1-3H3,(H,25,29)(H,26,27,30). The van der Waals surface area contributed by atoms with Gasteiger partial charge in [-0.05, 0) is 56.6 Å². The summed E-state index contributed by atoms with van der Waals surface area (Å²) in [6.45, 7) is 3.65. The highest BCUT2D eigenvalue weighted by molar-refractivity contribution is 7.22. The number of nitrogens with zero attached hydrogens (tertiary/aromatic N) is 2. The lowest BCUT2D eigenvalue weighted by Gasteiger charge is -2.30. The molecule has 0 saturated carbocycles. The van der Waals surface area contributed by atoms with Crippen molar-refractivity contribution >= 4 is 44.2 Å². The van der Waals surface area contributed by atoms with E-state index >= 15 is 0 Å². The van der Waals surface area contributed by atoms with Gasteiger partial charge in [-0.2, -0.15) is 0 Å². The maximum absolute atomic E-state index is 12.8. The van der Waals surface area contributed by atoms with Crippen LogP contribution in [-0.4, -0.2) is 55.6 Å². The van der Waals surface area contributed by atoms with Crippen LogP contribution in [0.3, 0.4) is 0 Å². The van der Waals surface area contributed by atoms with E-state index < -0.39 is 0 Å². The van der Waals surface area contributed by atoms with Crippen molar-refractivity contribution in [1.29, 1.82) is 0 Å². The minimum atomic E-state index is -0.119. The van der Waals surface area contributed by atoms with Gasteiger partial charge in [0.15, 0.2) is 5.13 Å². The Hall–Kier alpha value is -3.17. The van der Waals surface area contributed by atoms with Crippen LogP contribution in [0, 0.1) is 12.8 Å². The molecule has 1 aliphatic rings. The molecule has 33 heavy (non-hydrogen) atoms. The van der Waals surface area contributed by atoms with E-state index in [9.17, 15) is 9.59 Å².